The number of oxime groups is 1. The molecule has 0 aromatic carbocycles. The van der Waals surface area contributed by atoms with Crippen molar-refractivity contribution in [2.75, 3.05) is 13.1 Å². The van der Waals surface area contributed by atoms with Crippen molar-refractivity contribution in [2.45, 2.75) is 90.0 Å². The van der Waals surface area contributed by atoms with E-state index in [1.54, 1.807) is 0 Å². The molecule has 4 nitrogen and oxygen atoms in total. The Bertz CT molecular complexity index is 275. The smallest absolute Gasteiger partial charge is 0.153 e. The molecule has 0 unspecified atom stereocenters. The van der Waals surface area contributed by atoms with E-state index in [1.165, 1.54) is 77.0 Å². The summed E-state index contributed by atoms with van der Waals surface area (Å²) >= 11 is 0. The molecule has 0 radical (unpaired) electrons. The molecule has 21 heavy (non-hydrogen) atoms. The fraction of sp³-hybridized carbons (Fsp3) is 0.941. The molecule has 1 rings (SSSR count). The molecular weight excluding hydrogens is 262 g/mol. The summed E-state index contributed by atoms with van der Waals surface area (Å²) in [4.78, 5) is 2.43. The number of rotatable bonds is 12. The first-order valence-electron chi connectivity index (χ1n) is 8.98. The molecule has 3 N–H and O–H groups in total. The molecule has 0 aromatic rings. The van der Waals surface area contributed by atoms with Gasteiger partial charge in [-0.1, -0.05) is 69.9 Å². The first kappa shape index (κ1) is 18.3. The summed E-state index contributed by atoms with van der Waals surface area (Å²) in [6, 6.07) is 0.648. The van der Waals surface area contributed by atoms with Gasteiger partial charge in [-0.15, -0.1) is 0 Å². The Balaban J connectivity index is 2.14. The van der Waals surface area contributed by atoms with E-state index < -0.39 is 0 Å². The lowest BCUT2D eigenvalue weighted by atomic mass is 10.1. The van der Waals surface area contributed by atoms with Crippen LogP contribution in [0.5, 0.6) is 0 Å². The first-order valence-corrected chi connectivity index (χ1v) is 8.98. The summed E-state index contributed by atoms with van der Waals surface area (Å²) in [5.41, 5.74) is 5.70. The Morgan fingerprint density at radius 2 is 1.62 bits per heavy atom. The van der Waals surface area contributed by atoms with Crippen molar-refractivity contribution in [2.24, 2.45) is 10.9 Å². The zero-order chi connectivity index (χ0) is 15.3. The molecule has 0 saturated heterocycles. The van der Waals surface area contributed by atoms with E-state index in [4.69, 9.17) is 10.9 Å². The zero-order valence-corrected chi connectivity index (χ0v) is 13.9. The molecule has 0 heterocycles. The SMILES string of the molecule is CCCCCCCCCCN(CC(N)=NO)C1CCCC1. The highest BCUT2D eigenvalue weighted by atomic mass is 16.4. The van der Waals surface area contributed by atoms with E-state index in [1.807, 2.05) is 0 Å². The Morgan fingerprint density at radius 3 is 2.19 bits per heavy atom. The molecule has 1 aliphatic rings. The van der Waals surface area contributed by atoms with Gasteiger partial charge in [-0.25, -0.2) is 0 Å². The monoisotopic (exact) mass is 297 g/mol. The van der Waals surface area contributed by atoms with Crippen LogP contribution in [-0.4, -0.2) is 35.1 Å². The van der Waals surface area contributed by atoms with Crippen molar-refractivity contribution in [1.82, 2.24) is 4.90 Å². The minimum Gasteiger partial charge on any atom is -0.409 e. The number of hydrogen-bond acceptors (Lipinski definition) is 3. The van der Waals surface area contributed by atoms with Crippen LogP contribution < -0.4 is 5.73 Å². The van der Waals surface area contributed by atoms with E-state index in [9.17, 15) is 0 Å². The van der Waals surface area contributed by atoms with Gasteiger partial charge in [0.1, 0.15) is 0 Å². The quantitative estimate of drug-likeness (QED) is 0.187. The molecule has 1 saturated carbocycles. The van der Waals surface area contributed by atoms with Crippen LogP contribution in [0.1, 0.15) is 84.0 Å². The molecular formula is C17H35N3O. The maximum atomic E-state index is 8.78. The Labute approximate surface area is 130 Å². The average Bonchev–Trinajstić information content (AvgIpc) is 3.02. The second-order valence-corrected chi connectivity index (χ2v) is 6.47. The number of nitrogens with zero attached hydrogens (tertiary/aromatic N) is 2. The van der Waals surface area contributed by atoms with Gasteiger partial charge in [0.2, 0.25) is 0 Å². The molecule has 0 amide bonds. The maximum Gasteiger partial charge on any atom is 0.153 e. The van der Waals surface area contributed by atoms with Gasteiger partial charge in [0, 0.05) is 6.04 Å². The summed E-state index contributed by atoms with van der Waals surface area (Å²) in [6.45, 7) is 3.98. The highest BCUT2D eigenvalue weighted by Gasteiger charge is 2.22. The van der Waals surface area contributed by atoms with E-state index in [-0.39, 0.29) is 0 Å². The van der Waals surface area contributed by atoms with Crippen LogP contribution in [0.15, 0.2) is 5.16 Å². The molecule has 0 bridgehead atoms. The Morgan fingerprint density at radius 1 is 1.05 bits per heavy atom. The van der Waals surface area contributed by atoms with Crippen molar-refractivity contribution >= 4 is 5.84 Å². The van der Waals surface area contributed by atoms with Gasteiger partial charge in [0.05, 0.1) is 6.54 Å². The number of hydrogen-bond donors (Lipinski definition) is 2. The largest absolute Gasteiger partial charge is 0.409 e. The fourth-order valence-electron chi connectivity index (χ4n) is 3.35. The normalized spacial score (nSPS) is 17.0. The zero-order valence-electron chi connectivity index (χ0n) is 13.9. The van der Waals surface area contributed by atoms with Crippen LogP contribution in [-0.2, 0) is 0 Å². The van der Waals surface area contributed by atoms with E-state index in [0.717, 1.165) is 6.54 Å². The van der Waals surface area contributed by atoms with Crippen LogP contribution in [0.2, 0.25) is 0 Å². The highest BCUT2D eigenvalue weighted by Crippen LogP contribution is 2.23. The second kappa shape index (κ2) is 11.8. The van der Waals surface area contributed by atoms with Crippen molar-refractivity contribution in [1.29, 1.82) is 0 Å². The number of amidine groups is 1. The third-order valence-electron chi connectivity index (χ3n) is 4.63. The number of nitrogens with two attached hydrogens (primary N) is 1. The van der Waals surface area contributed by atoms with Crippen molar-refractivity contribution in [3.8, 4) is 0 Å². The van der Waals surface area contributed by atoms with Crippen LogP contribution in [0.25, 0.3) is 0 Å². The molecule has 0 aliphatic heterocycles. The predicted octanol–water partition coefficient (Wildman–Crippen LogP) is 4.12. The third-order valence-corrected chi connectivity index (χ3v) is 4.63. The van der Waals surface area contributed by atoms with Crippen molar-refractivity contribution in [3.63, 3.8) is 0 Å². The lowest BCUT2D eigenvalue weighted by molar-refractivity contribution is 0.217. The van der Waals surface area contributed by atoms with Crippen LogP contribution in [0.3, 0.4) is 0 Å². The minimum atomic E-state index is 0.349. The lowest BCUT2D eigenvalue weighted by Crippen LogP contribution is -2.40. The summed E-state index contributed by atoms with van der Waals surface area (Å²) < 4.78 is 0. The van der Waals surface area contributed by atoms with Gasteiger partial charge in [-0.2, -0.15) is 0 Å². The van der Waals surface area contributed by atoms with Crippen molar-refractivity contribution < 1.29 is 5.21 Å². The first-order chi connectivity index (χ1) is 10.3. The molecule has 0 atom stereocenters. The molecule has 0 spiro atoms. The molecule has 1 fully saturated rings. The molecule has 4 heteroatoms. The third kappa shape index (κ3) is 8.30. The highest BCUT2D eigenvalue weighted by molar-refractivity contribution is 5.81. The average molecular weight is 297 g/mol. The lowest BCUT2D eigenvalue weighted by Gasteiger charge is -2.28. The van der Waals surface area contributed by atoms with Gasteiger partial charge < -0.3 is 10.9 Å². The van der Waals surface area contributed by atoms with Gasteiger partial charge in [0.25, 0.3) is 0 Å². The summed E-state index contributed by atoms with van der Waals surface area (Å²) in [6.07, 6.45) is 16.0. The van der Waals surface area contributed by atoms with E-state index in [0.29, 0.717) is 18.4 Å². The second-order valence-electron chi connectivity index (χ2n) is 6.47. The standard InChI is InChI=1S/C17H35N3O/c1-2-3-4-5-6-7-8-11-14-20(15-17(18)19-21)16-12-9-10-13-16/h16,21H,2-15H2,1H3,(H2,18,19). The van der Waals surface area contributed by atoms with E-state index in [2.05, 4.69) is 17.0 Å². The van der Waals surface area contributed by atoms with Crippen molar-refractivity contribution in [3.05, 3.63) is 0 Å². The Hall–Kier alpha value is -0.770. The minimum absolute atomic E-state index is 0.349. The maximum absolute atomic E-state index is 8.78. The van der Waals surface area contributed by atoms with Crippen LogP contribution in [0.4, 0.5) is 0 Å². The van der Waals surface area contributed by atoms with Crippen LogP contribution in [0, 0.1) is 0 Å². The van der Waals surface area contributed by atoms with Gasteiger partial charge in [0.15, 0.2) is 5.84 Å². The summed E-state index contributed by atoms with van der Waals surface area (Å²) in [5, 5.41) is 11.9. The summed E-state index contributed by atoms with van der Waals surface area (Å²) in [5.74, 6) is 0.349. The van der Waals surface area contributed by atoms with Gasteiger partial charge in [-0.05, 0) is 25.8 Å². The molecule has 124 valence electrons. The van der Waals surface area contributed by atoms with E-state index >= 15 is 0 Å². The number of unbranched alkanes of at least 4 members (excludes halogenated alkanes) is 7. The predicted molar refractivity (Wildman–Crippen MR) is 89.8 cm³/mol. The molecule has 0 aromatic heterocycles. The van der Waals surface area contributed by atoms with Crippen LogP contribution >= 0.6 is 0 Å². The van der Waals surface area contributed by atoms with Gasteiger partial charge in [-0.3, -0.25) is 4.90 Å². The van der Waals surface area contributed by atoms with Gasteiger partial charge >= 0.3 is 0 Å². The molecule has 1 aliphatic carbocycles. The fourth-order valence-corrected chi connectivity index (χ4v) is 3.35. The topological polar surface area (TPSA) is 61.8 Å². The Kier molecular flexibility index (Phi) is 10.3. The summed E-state index contributed by atoms with van der Waals surface area (Å²) in [7, 11) is 0.